The molecule has 1 aromatic carbocycles. The molecule has 2 rings (SSSR count). The van der Waals surface area contributed by atoms with Crippen LogP contribution in [0.5, 0.6) is 0 Å². The fraction of sp³-hybridized carbons (Fsp3) is 0.500. The van der Waals surface area contributed by atoms with Crippen LogP contribution in [-0.2, 0) is 4.74 Å². The molecule has 1 aliphatic rings. The molecule has 1 aliphatic heterocycles. The molecule has 0 saturated carbocycles. The van der Waals surface area contributed by atoms with E-state index in [0.29, 0.717) is 0 Å². The standard InChI is InChI=1S/C12H17NO/c1-9-10-6-4-5-7-11(10)12(14-9)8-13(2)3/h4-7,9,12H,8H2,1-3H3. The molecular formula is C12H17NO. The summed E-state index contributed by atoms with van der Waals surface area (Å²) in [6.45, 7) is 3.08. The van der Waals surface area contributed by atoms with Gasteiger partial charge in [0.2, 0.25) is 0 Å². The molecule has 0 saturated heterocycles. The van der Waals surface area contributed by atoms with Crippen LogP contribution in [-0.4, -0.2) is 25.5 Å². The third-order valence-corrected chi connectivity index (χ3v) is 2.68. The van der Waals surface area contributed by atoms with Crippen LogP contribution in [0, 0.1) is 0 Å². The molecule has 0 radical (unpaired) electrons. The van der Waals surface area contributed by atoms with Gasteiger partial charge < -0.3 is 9.64 Å². The highest BCUT2D eigenvalue weighted by Crippen LogP contribution is 2.38. The molecule has 1 aromatic rings. The van der Waals surface area contributed by atoms with Crippen molar-refractivity contribution in [1.29, 1.82) is 0 Å². The molecule has 2 atom stereocenters. The van der Waals surface area contributed by atoms with E-state index in [1.807, 2.05) is 0 Å². The van der Waals surface area contributed by atoms with Gasteiger partial charge in [0.15, 0.2) is 0 Å². The minimum absolute atomic E-state index is 0.246. The van der Waals surface area contributed by atoms with Gasteiger partial charge in [0, 0.05) is 6.54 Å². The smallest absolute Gasteiger partial charge is 0.0963 e. The Bertz CT molecular complexity index is 320. The van der Waals surface area contributed by atoms with Gasteiger partial charge in [-0.15, -0.1) is 0 Å². The van der Waals surface area contributed by atoms with Crippen LogP contribution >= 0.6 is 0 Å². The first-order chi connectivity index (χ1) is 6.68. The van der Waals surface area contributed by atoms with E-state index in [9.17, 15) is 0 Å². The van der Waals surface area contributed by atoms with Crippen LogP contribution in [0.1, 0.15) is 30.3 Å². The second-order valence-corrected chi connectivity index (χ2v) is 4.16. The first-order valence-corrected chi connectivity index (χ1v) is 5.07. The normalized spacial score (nSPS) is 25.4. The number of hydrogen-bond acceptors (Lipinski definition) is 2. The molecule has 0 aliphatic carbocycles. The van der Waals surface area contributed by atoms with Crippen molar-refractivity contribution in [3.8, 4) is 0 Å². The lowest BCUT2D eigenvalue weighted by atomic mass is 10.0. The number of nitrogens with zero attached hydrogens (tertiary/aromatic N) is 1. The summed E-state index contributed by atoms with van der Waals surface area (Å²) in [5, 5.41) is 0. The molecule has 0 fully saturated rings. The molecular weight excluding hydrogens is 174 g/mol. The van der Waals surface area contributed by atoms with Gasteiger partial charge in [-0.3, -0.25) is 0 Å². The van der Waals surface area contributed by atoms with Crippen molar-refractivity contribution in [2.45, 2.75) is 19.1 Å². The first-order valence-electron chi connectivity index (χ1n) is 5.07. The van der Waals surface area contributed by atoms with Gasteiger partial charge >= 0.3 is 0 Å². The minimum Gasteiger partial charge on any atom is -0.365 e. The van der Waals surface area contributed by atoms with Crippen molar-refractivity contribution in [3.05, 3.63) is 35.4 Å². The van der Waals surface area contributed by atoms with Crippen LogP contribution in [0.25, 0.3) is 0 Å². The average Bonchev–Trinajstić information content (AvgIpc) is 2.44. The zero-order valence-electron chi connectivity index (χ0n) is 9.03. The summed E-state index contributed by atoms with van der Waals surface area (Å²) in [5.74, 6) is 0. The Hall–Kier alpha value is -0.860. The lowest BCUT2D eigenvalue weighted by molar-refractivity contribution is 0.00833. The second kappa shape index (κ2) is 3.71. The molecule has 0 bridgehead atoms. The Morgan fingerprint density at radius 2 is 1.86 bits per heavy atom. The lowest BCUT2D eigenvalue weighted by Crippen LogP contribution is -2.19. The highest BCUT2D eigenvalue weighted by molar-refractivity contribution is 5.34. The molecule has 0 spiro atoms. The SMILES string of the molecule is CC1OC(CN(C)C)c2ccccc21. The van der Waals surface area contributed by atoms with E-state index < -0.39 is 0 Å². The summed E-state index contributed by atoms with van der Waals surface area (Å²) >= 11 is 0. The van der Waals surface area contributed by atoms with E-state index in [1.54, 1.807) is 0 Å². The Labute approximate surface area is 85.5 Å². The quantitative estimate of drug-likeness (QED) is 0.711. The van der Waals surface area contributed by atoms with Crippen LogP contribution < -0.4 is 0 Å². The van der Waals surface area contributed by atoms with E-state index in [4.69, 9.17) is 4.74 Å². The maximum absolute atomic E-state index is 5.90. The van der Waals surface area contributed by atoms with Crippen molar-refractivity contribution < 1.29 is 4.74 Å². The number of rotatable bonds is 2. The molecule has 0 amide bonds. The predicted octanol–water partition coefficient (Wildman–Crippen LogP) is 2.38. The Morgan fingerprint density at radius 1 is 1.21 bits per heavy atom. The number of fused-ring (bicyclic) bond motifs is 1. The molecule has 76 valence electrons. The molecule has 2 nitrogen and oxygen atoms in total. The van der Waals surface area contributed by atoms with Crippen molar-refractivity contribution >= 4 is 0 Å². The van der Waals surface area contributed by atoms with Crippen LogP contribution in [0.4, 0.5) is 0 Å². The highest BCUT2D eigenvalue weighted by atomic mass is 16.5. The number of ether oxygens (including phenoxy) is 1. The third-order valence-electron chi connectivity index (χ3n) is 2.68. The molecule has 0 aromatic heterocycles. The van der Waals surface area contributed by atoms with Gasteiger partial charge in [0.1, 0.15) is 0 Å². The third kappa shape index (κ3) is 1.68. The van der Waals surface area contributed by atoms with Gasteiger partial charge in [-0.2, -0.15) is 0 Å². The Kier molecular flexibility index (Phi) is 2.57. The molecule has 0 N–H and O–H groups in total. The number of likely N-dealkylation sites (N-methyl/N-ethyl adjacent to an activating group) is 1. The fourth-order valence-electron chi connectivity index (χ4n) is 2.04. The summed E-state index contributed by atoms with van der Waals surface area (Å²) in [7, 11) is 4.16. The van der Waals surface area contributed by atoms with Gasteiger partial charge in [-0.25, -0.2) is 0 Å². The van der Waals surface area contributed by atoms with E-state index >= 15 is 0 Å². The van der Waals surface area contributed by atoms with Crippen LogP contribution in [0.2, 0.25) is 0 Å². The zero-order chi connectivity index (χ0) is 10.1. The fourth-order valence-corrected chi connectivity index (χ4v) is 2.04. The van der Waals surface area contributed by atoms with Crippen LogP contribution in [0.15, 0.2) is 24.3 Å². The number of hydrogen-bond donors (Lipinski definition) is 0. The Balaban J connectivity index is 2.25. The van der Waals surface area contributed by atoms with Gasteiger partial charge in [-0.1, -0.05) is 24.3 Å². The highest BCUT2D eigenvalue weighted by Gasteiger charge is 2.28. The molecule has 1 heterocycles. The average molecular weight is 191 g/mol. The van der Waals surface area contributed by atoms with Gasteiger partial charge in [-0.05, 0) is 32.1 Å². The van der Waals surface area contributed by atoms with E-state index in [-0.39, 0.29) is 12.2 Å². The van der Waals surface area contributed by atoms with E-state index in [2.05, 4.69) is 50.2 Å². The molecule has 2 unspecified atom stereocenters. The first kappa shape index (κ1) is 9.69. The van der Waals surface area contributed by atoms with Crippen molar-refractivity contribution in [3.63, 3.8) is 0 Å². The molecule has 14 heavy (non-hydrogen) atoms. The van der Waals surface area contributed by atoms with Crippen LogP contribution in [0.3, 0.4) is 0 Å². The predicted molar refractivity (Wildman–Crippen MR) is 57.2 cm³/mol. The number of benzene rings is 1. The summed E-state index contributed by atoms with van der Waals surface area (Å²) in [5.41, 5.74) is 2.70. The largest absolute Gasteiger partial charge is 0.365 e. The monoisotopic (exact) mass is 191 g/mol. The summed E-state index contributed by atoms with van der Waals surface area (Å²) < 4.78 is 5.90. The van der Waals surface area contributed by atoms with Crippen molar-refractivity contribution in [2.24, 2.45) is 0 Å². The van der Waals surface area contributed by atoms with Crippen molar-refractivity contribution in [1.82, 2.24) is 4.90 Å². The second-order valence-electron chi connectivity index (χ2n) is 4.16. The van der Waals surface area contributed by atoms with Gasteiger partial charge in [0.25, 0.3) is 0 Å². The molecule has 2 heteroatoms. The van der Waals surface area contributed by atoms with Gasteiger partial charge in [0.05, 0.1) is 12.2 Å². The van der Waals surface area contributed by atoms with E-state index in [0.717, 1.165) is 6.54 Å². The summed E-state index contributed by atoms with van der Waals surface area (Å²) in [4.78, 5) is 2.17. The van der Waals surface area contributed by atoms with Crippen molar-refractivity contribution in [2.75, 3.05) is 20.6 Å². The Morgan fingerprint density at radius 3 is 2.50 bits per heavy atom. The lowest BCUT2D eigenvalue weighted by Gasteiger charge is -2.17. The summed E-state index contributed by atoms with van der Waals surface area (Å²) in [6, 6.07) is 8.50. The summed E-state index contributed by atoms with van der Waals surface area (Å²) in [6.07, 6.45) is 0.493. The topological polar surface area (TPSA) is 12.5 Å². The minimum atomic E-state index is 0.246. The maximum atomic E-state index is 5.90. The zero-order valence-corrected chi connectivity index (χ0v) is 9.03. The maximum Gasteiger partial charge on any atom is 0.0963 e. The van der Waals surface area contributed by atoms with E-state index in [1.165, 1.54) is 11.1 Å².